The van der Waals surface area contributed by atoms with Crippen molar-refractivity contribution < 1.29 is 43.3 Å². The summed E-state index contributed by atoms with van der Waals surface area (Å²) in [6, 6.07) is 5.71. The molecule has 0 spiro atoms. The number of aliphatic hydroxyl groups is 1. The fourth-order valence-electron chi connectivity index (χ4n) is 12.2. The Labute approximate surface area is 475 Å². The number of hydrazine groups is 1. The van der Waals surface area contributed by atoms with Gasteiger partial charge in [0.25, 0.3) is 5.91 Å². The van der Waals surface area contributed by atoms with Crippen LogP contribution in [0.25, 0.3) is 38.8 Å². The van der Waals surface area contributed by atoms with Gasteiger partial charge in [0, 0.05) is 101 Å². The maximum absolute atomic E-state index is 15.0. The van der Waals surface area contributed by atoms with Crippen molar-refractivity contribution in [3.05, 3.63) is 58.4 Å². The number of esters is 1. The number of anilines is 1. The summed E-state index contributed by atoms with van der Waals surface area (Å²) in [6.07, 6.45) is 9.27. The number of thiazole rings is 1. The van der Waals surface area contributed by atoms with E-state index in [2.05, 4.69) is 70.1 Å². The molecule has 20 heteroatoms. The van der Waals surface area contributed by atoms with Gasteiger partial charge in [0.15, 0.2) is 0 Å². The molecule has 19 nitrogen and oxygen atoms in total. The SMILES string of the molecule is CCn1c(-c2cc(N3CCN(C4CC4)CC3)cnc2[C@H](C)OC)c(CC(C)(C)CO)c2cc(-c3nc4c(s3)/C=C\[C@@H]3[C@H](CCN3C(=O)OC(C)(C)C)C(=O)N(C)[C@@H](C(C)C)C(=O)N[C@H](C(=O)N3CCC[C@@H](C(=O)OC)N3)C4)ccc21. The number of likely N-dealkylation sites (tertiary alicyclic amines) is 1. The lowest BCUT2D eigenvalue weighted by atomic mass is 9.84. The smallest absolute Gasteiger partial charge is 0.410 e. The van der Waals surface area contributed by atoms with Crippen molar-refractivity contribution in [2.45, 2.75) is 156 Å². The zero-order chi connectivity index (χ0) is 57.5. The number of aromatic nitrogens is 3. The minimum atomic E-state index is -1.18. The van der Waals surface area contributed by atoms with Gasteiger partial charge in [0.05, 0.1) is 59.0 Å². The van der Waals surface area contributed by atoms with Crippen LogP contribution in [0.5, 0.6) is 0 Å². The summed E-state index contributed by atoms with van der Waals surface area (Å²) >= 11 is 1.42. The molecule has 3 N–H and O–H groups in total. The Morgan fingerprint density at radius 1 is 0.938 bits per heavy atom. The van der Waals surface area contributed by atoms with Crippen LogP contribution in [0.2, 0.25) is 0 Å². The summed E-state index contributed by atoms with van der Waals surface area (Å²) in [6.45, 7) is 22.5. The van der Waals surface area contributed by atoms with Gasteiger partial charge in [0.2, 0.25) is 11.8 Å². The van der Waals surface area contributed by atoms with Crippen LogP contribution in [-0.2, 0) is 52.8 Å². The van der Waals surface area contributed by atoms with E-state index in [4.69, 9.17) is 24.2 Å². The van der Waals surface area contributed by atoms with Crippen molar-refractivity contribution in [3.8, 4) is 21.8 Å². The van der Waals surface area contributed by atoms with Crippen molar-refractivity contribution >= 4 is 63.8 Å². The van der Waals surface area contributed by atoms with E-state index in [-0.39, 0.29) is 44.0 Å². The van der Waals surface area contributed by atoms with Gasteiger partial charge >= 0.3 is 12.1 Å². The summed E-state index contributed by atoms with van der Waals surface area (Å²) in [5, 5.41) is 17.0. The first-order valence-electron chi connectivity index (χ1n) is 28.7. The van der Waals surface area contributed by atoms with Crippen LogP contribution < -0.4 is 15.6 Å². The number of nitrogens with one attached hydrogen (secondary N) is 2. The van der Waals surface area contributed by atoms with E-state index in [1.54, 1.807) is 39.8 Å². The van der Waals surface area contributed by atoms with E-state index in [9.17, 15) is 29.1 Å². The van der Waals surface area contributed by atoms with E-state index >= 15 is 0 Å². The molecule has 4 amide bonds. The predicted molar refractivity (Wildman–Crippen MR) is 310 cm³/mol. The molecule has 0 unspecified atom stereocenters. The molecule has 1 saturated carbocycles. The molecule has 0 bridgehead atoms. The van der Waals surface area contributed by atoms with Crippen LogP contribution >= 0.6 is 11.3 Å². The van der Waals surface area contributed by atoms with Crippen molar-refractivity contribution in [1.82, 2.24) is 45.0 Å². The number of carbonyl (C=O) groups excluding carboxylic acids is 5. The number of carbonyl (C=O) groups is 5. The van der Waals surface area contributed by atoms with Gasteiger partial charge in [-0.3, -0.25) is 34.1 Å². The molecule has 4 fully saturated rings. The third-order valence-corrected chi connectivity index (χ3v) is 17.8. The number of ether oxygens (including phenoxy) is 3. The highest BCUT2D eigenvalue weighted by atomic mass is 32.1. The molecule has 4 aromatic rings. The summed E-state index contributed by atoms with van der Waals surface area (Å²) in [4.78, 5) is 90.7. The summed E-state index contributed by atoms with van der Waals surface area (Å²) in [5.41, 5.74) is 9.06. The number of methoxy groups -OCH3 is 2. The normalized spacial score (nSPS) is 23.5. The number of hydrogen-bond donors (Lipinski definition) is 3. The second-order valence-electron chi connectivity index (χ2n) is 24.5. The predicted octanol–water partition coefficient (Wildman–Crippen LogP) is 7.23. The first kappa shape index (κ1) is 58.7. The number of likely N-dealkylation sites (N-methyl/N-ethyl adjacent to an activating group) is 1. The molecule has 3 saturated heterocycles. The second kappa shape index (κ2) is 23.9. The topological polar surface area (TPSA) is 204 Å². The van der Waals surface area contributed by atoms with Gasteiger partial charge in [-0.2, -0.15) is 0 Å². The zero-order valence-corrected chi connectivity index (χ0v) is 49.8. The fraction of sp³-hybridized carbons (Fsp3) is 0.617. The van der Waals surface area contributed by atoms with E-state index in [0.717, 1.165) is 70.8 Å². The molecule has 80 heavy (non-hydrogen) atoms. The summed E-state index contributed by atoms with van der Waals surface area (Å²) in [7, 11) is 4.62. The van der Waals surface area contributed by atoms with E-state index < -0.39 is 65.0 Å². The molecule has 5 aliphatic rings. The first-order valence-corrected chi connectivity index (χ1v) is 29.5. The molecule has 434 valence electrons. The number of benzene rings is 1. The average Bonchev–Trinajstić information content (AvgIpc) is 3.98. The highest BCUT2D eigenvalue weighted by Crippen LogP contribution is 2.44. The minimum Gasteiger partial charge on any atom is -0.468 e. The van der Waals surface area contributed by atoms with Crippen LogP contribution in [0.15, 0.2) is 36.5 Å². The molecule has 3 aromatic heterocycles. The first-order chi connectivity index (χ1) is 38.0. The molecule has 7 heterocycles. The average molecular weight is 1120 g/mol. The number of amides is 4. The van der Waals surface area contributed by atoms with Crippen molar-refractivity contribution in [2.75, 3.05) is 72.0 Å². The zero-order valence-electron chi connectivity index (χ0n) is 49.0. The number of hydrogen-bond acceptors (Lipinski definition) is 15. The van der Waals surface area contributed by atoms with Crippen LogP contribution in [0.4, 0.5) is 10.5 Å². The van der Waals surface area contributed by atoms with E-state index in [0.29, 0.717) is 53.8 Å². The lowest BCUT2D eigenvalue weighted by Gasteiger charge is -2.36. The Morgan fingerprint density at radius 2 is 1.68 bits per heavy atom. The van der Waals surface area contributed by atoms with Gasteiger partial charge < -0.3 is 43.9 Å². The highest BCUT2D eigenvalue weighted by molar-refractivity contribution is 7.16. The Hall–Kier alpha value is -5.93. The number of aliphatic hydroxyl groups excluding tert-OH is 1. The summed E-state index contributed by atoms with van der Waals surface area (Å²) < 4.78 is 19.3. The lowest BCUT2D eigenvalue weighted by molar-refractivity contribution is -0.151. The fourth-order valence-corrected chi connectivity index (χ4v) is 13.2. The molecule has 1 aliphatic carbocycles. The summed E-state index contributed by atoms with van der Waals surface area (Å²) in [5.74, 6) is -2.87. The van der Waals surface area contributed by atoms with Crippen LogP contribution in [0, 0.1) is 17.3 Å². The number of rotatable bonds is 13. The largest absolute Gasteiger partial charge is 0.468 e. The van der Waals surface area contributed by atoms with Gasteiger partial charge in [-0.1, -0.05) is 33.8 Å². The van der Waals surface area contributed by atoms with Crippen molar-refractivity contribution in [3.63, 3.8) is 0 Å². The molecular formula is C60H84N10O9S. The van der Waals surface area contributed by atoms with E-state index in [1.165, 1.54) is 41.2 Å². The number of fused-ring (bicyclic) bond motifs is 3. The number of nitrogens with zero attached hydrogens (tertiary/aromatic N) is 8. The van der Waals surface area contributed by atoms with Crippen LogP contribution in [0.3, 0.4) is 0 Å². The van der Waals surface area contributed by atoms with Gasteiger partial charge in [0.1, 0.15) is 28.7 Å². The Kier molecular flexibility index (Phi) is 17.5. The van der Waals surface area contributed by atoms with Gasteiger partial charge in [-0.15, -0.1) is 11.3 Å². The standard InChI is InChI=1S/C60H84N10O9S/c1-13-68-48-19-16-37(29-41(48)43(32-60(8,9)34-71)52(68)42-30-39(33-61-50(42)36(4)77-11)67-27-25-66(26-28-67)38-17-18-38)54-63-45-31-46(56(74)70-23-14-15-44(64-70)57(75)78-12)62-53(72)51(35(2)3)65(10)55(73)40-22-24-69(58(76)79-59(5,6)7)47(40)20-21-49(45)80-54/h16,19-21,29-30,33,35-36,38,40,44,46-47,51,64,71H,13-15,17-18,22-28,31-32,34H2,1-12H3,(H,62,72)/b21-20-/t36-,40-,44-,46-,47+,51-/m0/s1. The Morgan fingerprint density at radius 3 is 2.33 bits per heavy atom. The quantitative estimate of drug-likeness (QED) is 0.113. The highest BCUT2D eigenvalue weighted by Gasteiger charge is 2.46. The maximum Gasteiger partial charge on any atom is 0.410 e. The number of aryl methyl sites for hydroxylation is 1. The van der Waals surface area contributed by atoms with Crippen molar-refractivity contribution in [2.24, 2.45) is 17.3 Å². The molecule has 1 aromatic carbocycles. The number of piperazine rings is 1. The van der Waals surface area contributed by atoms with Crippen LogP contribution in [-0.4, -0.2) is 172 Å². The van der Waals surface area contributed by atoms with E-state index in [1.807, 2.05) is 39.1 Å². The third-order valence-electron chi connectivity index (χ3n) is 16.6. The molecular weight excluding hydrogens is 1040 g/mol. The Bertz CT molecular complexity index is 2990. The third kappa shape index (κ3) is 12.3. The van der Waals surface area contributed by atoms with Crippen molar-refractivity contribution in [1.29, 1.82) is 0 Å². The molecule has 4 aliphatic heterocycles. The monoisotopic (exact) mass is 1120 g/mol. The maximum atomic E-state index is 15.0. The van der Waals surface area contributed by atoms with Gasteiger partial charge in [-0.05, 0) is 120 Å². The Balaban J connectivity index is 1.20. The second-order valence-corrected chi connectivity index (χ2v) is 25.6. The lowest BCUT2D eigenvalue weighted by Crippen LogP contribution is -2.62. The molecule has 6 atom stereocenters. The molecule has 9 rings (SSSR count). The van der Waals surface area contributed by atoms with Gasteiger partial charge in [-0.25, -0.2) is 15.2 Å². The van der Waals surface area contributed by atoms with Crippen LogP contribution in [0.1, 0.15) is 122 Å². The molecule has 0 radical (unpaired) electrons. The number of pyridine rings is 1. The minimum absolute atomic E-state index is 0.0395.